The molecule has 2 aromatic rings. The van der Waals surface area contributed by atoms with Crippen LogP contribution in [0.15, 0.2) is 18.3 Å². The van der Waals surface area contributed by atoms with E-state index in [2.05, 4.69) is 14.7 Å². The van der Waals surface area contributed by atoms with E-state index in [0.717, 1.165) is 0 Å². The van der Waals surface area contributed by atoms with Crippen molar-refractivity contribution >= 4 is 28.6 Å². The molecule has 0 saturated heterocycles. The van der Waals surface area contributed by atoms with Crippen LogP contribution in [0.2, 0.25) is 5.15 Å². The van der Waals surface area contributed by atoms with Crippen molar-refractivity contribution < 1.29 is 14.3 Å². The summed E-state index contributed by atoms with van der Waals surface area (Å²) in [6.45, 7) is 0. The Balaban J connectivity index is 2.70. The average molecular weight is 253 g/mol. The van der Waals surface area contributed by atoms with Gasteiger partial charge in [-0.3, -0.25) is 4.98 Å². The van der Waals surface area contributed by atoms with E-state index in [0.29, 0.717) is 22.3 Å². The van der Waals surface area contributed by atoms with Gasteiger partial charge in [-0.15, -0.1) is 0 Å². The average Bonchev–Trinajstić information content (AvgIpc) is 2.36. The van der Waals surface area contributed by atoms with Gasteiger partial charge in [0.25, 0.3) is 0 Å². The first-order chi connectivity index (χ1) is 8.15. The normalized spacial score (nSPS) is 10.3. The quantitative estimate of drug-likeness (QED) is 0.766. The van der Waals surface area contributed by atoms with Gasteiger partial charge < -0.3 is 9.47 Å². The maximum Gasteiger partial charge on any atom is 0.338 e. The third-order valence-corrected chi connectivity index (χ3v) is 2.41. The van der Waals surface area contributed by atoms with Gasteiger partial charge in [0.1, 0.15) is 16.4 Å². The minimum absolute atomic E-state index is 0.265. The number of fused-ring (bicyclic) bond motifs is 1. The number of methoxy groups -OCH3 is 2. The van der Waals surface area contributed by atoms with Crippen molar-refractivity contribution in [3.05, 3.63) is 29.0 Å². The number of carbonyl (C=O) groups excluding carboxylic acids is 1. The van der Waals surface area contributed by atoms with E-state index in [1.165, 1.54) is 20.4 Å². The summed E-state index contributed by atoms with van der Waals surface area (Å²) in [5.41, 5.74) is 1.38. The highest BCUT2D eigenvalue weighted by Crippen LogP contribution is 2.25. The first-order valence-corrected chi connectivity index (χ1v) is 5.12. The largest absolute Gasteiger partial charge is 0.494 e. The van der Waals surface area contributed by atoms with E-state index in [1.54, 1.807) is 12.1 Å². The van der Waals surface area contributed by atoms with Gasteiger partial charge in [0.05, 0.1) is 31.5 Å². The zero-order valence-corrected chi connectivity index (χ0v) is 9.99. The third-order valence-electron chi connectivity index (χ3n) is 2.22. The molecule has 0 bridgehead atoms. The Bertz CT molecular complexity index is 586. The number of hydrogen-bond acceptors (Lipinski definition) is 5. The van der Waals surface area contributed by atoms with Gasteiger partial charge in [-0.2, -0.15) is 0 Å². The molecule has 0 amide bonds. The molecule has 6 heteroatoms. The number of carbonyl (C=O) groups is 1. The summed E-state index contributed by atoms with van der Waals surface area (Å²) in [7, 11) is 2.80. The van der Waals surface area contributed by atoms with Gasteiger partial charge in [-0.25, -0.2) is 9.78 Å². The highest BCUT2D eigenvalue weighted by atomic mass is 35.5. The van der Waals surface area contributed by atoms with E-state index in [9.17, 15) is 4.79 Å². The topological polar surface area (TPSA) is 61.3 Å². The number of halogens is 1. The Morgan fingerprint density at radius 1 is 1.35 bits per heavy atom. The standard InChI is InChI=1S/C11H9ClN2O3/c1-16-8-4-6(11(15)17-2)3-7-10(8)14-9(12)5-13-7/h3-5H,1-2H3. The van der Waals surface area contributed by atoms with Gasteiger partial charge in [-0.1, -0.05) is 11.6 Å². The van der Waals surface area contributed by atoms with Crippen LogP contribution >= 0.6 is 11.6 Å². The summed E-state index contributed by atoms with van der Waals surface area (Å²) < 4.78 is 9.79. The molecule has 0 aliphatic heterocycles. The van der Waals surface area contributed by atoms with Crippen LogP contribution in [0.25, 0.3) is 11.0 Å². The van der Waals surface area contributed by atoms with Crippen LogP contribution in [-0.4, -0.2) is 30.2 Å². The Kier molecular flexibility index (Phi) is 3.10. The number of benzene rings is 1. The first-order valence-electron chi connectivity index (χ1n) is 4.74. The monoisotopic (exact) mass is 252 g/mol. The molecule has 0 unspecified atom stereocenters. The third kappa shape index (κ3) is 2.14. The fourth-order valence-corrected chi connectivity index (χ4v) is 1.59. The van der Waals surface area contributed by atoms with Crippen molar-refractivity contribution in [3.63, 3.8) is 0 Å². The minimum Gasteiger partial charge on any atom is -0.494 e. The maximum atomic E-state index is 11.4. The molecule has 88 valence electrons. The second-order valence-corrected chi connectivity index (χ2v) is 3.62. The van der Waals surface area contributed by atoms with Crippen LogP contribution in [0.1, 0.15) is 10.4 Å². The molecule has 0 aliphatic rings. The fourth-order valence-electron chi connectivity index (χ4n) is 1.45. The van der Waals surface area contributed by atoms with E-state index in [1.807, 2.05) is 0 Å². The van der Waals surface area contributed by atoms with Crippen molar-refractivity contribution in [2.45, 2.75) is 0 Å². The molecule has 0 fully saturated rings. The first kappa shape index (κ1) is 11.6. The molecule has 1 aromatic carbocycles. The van der Waals surface area contributed by atoms with Crippen molar-refractivity contribution in [2.75, 3.05) is 14.2 Å². The SMILES string of the molecule is COC(=O)c1cc(OC)c2nc(Cl)cnc2c1. The molecular formula is C11H9ClN2O3. The number of nitrogens with zero attached hydrogens (tertiary/aromatic N) is 2. The molecule has 0 aliphatic carbocycles. The summed E-state index contributed by atoms with van der Waals surface area (Å²) in [4.78, 5) is 19.6. The lowest BCUT2D eigenvalue weighted by molar-refractivity contribution is 0.0600. The Labute approximate surface area is 102 Å². The van der Waals surface area contributed by atoms with Gasteiger partial charge in [0.2, 0.25) is 0 Å². The maximum absolute atomic E-state index is 11.4. The molecule has 1 aromatic heterocycles. The van der Waals surface area contributed by atoms with Crippen LogP contribution < -0.4 is 4.74 Å². The van der Waals surface area contributed by atoms with Gasteiger partial charge in [-0.05, 0) is 12.1 Å². The lowest BCUT2D eigenvalue weighted by Gasteiger charge is -2.07. The Morgan fingerprint density at radius 2 is 2.12 bits per heavy atom. The van der Waals surface area contributed by atoms with Crippen LogP contribution in [0.3, 0.4) is 0 Å². The summed E-state index contributed by atoms with van der Waals surface area (Å²) in [5, 5.41) is 0.265. The number of rotatable bonds is 2. The van der Waals surface area contributed by atoms with Crippen LogP contribution in [-0.2, 0) is 4.74 Å². The molecule has 2 rings (SSSR count). The molecule has 0 spiro atoms. The second kappa shape index (κ2) is 4.55. The molecule has 17 heavy (non-hydrogen) atoms. The molecule has 1 heterocycles. The molecule has 0 atom stereocenters. The lowest BCUT2D eigenvalue weighted by Crippen LogP contribution is -2.02. The van der Waals surface area contributed by atoms with Gasteiger partial charge in [0.15, 0.2) is 0 Å². The molecular weight excluding hydrogens is 244 g/mol. The molecule has 0 N–H and O–H groups in total. The minimum atomic E-state index is -0.457. The van der Waals surface area contributed by atoms with E-state index < -0.39 is 5.97 Å². The van der Waals surface area contributed by atoms with Crippen LogP contribution in [0.4, 0.5) is 0 Å². The van der Waals surface area contributed by atoms with E-state index in [4.69, 9.17) is 16.3 Å². The van der Waals surface area contributed by atoms with Gasteiger partial charge >= 0.3 is 5.97 Å². The lowest BCUT2D eigenvalue weighted by atomic mass is 10.2. The summed E-state index contributed by atoms with van der Waals surface area (Å²) >= 11 is 5.76. The predicted octanol–water partition coefficient (Wildman–Crippen LogP) is 2.08. The molecule has 0 radical (unpaired) electrons. The predicted molar refractivity (Wildman–Crippen MR) is 62.4 cm³/mol. The fraction of sp³-hybridized carbons (Fsp3) is 0.182. The number of ether oxygens (including phenoxy) is 2. The highest BCUT2D eigenvalue weighted by molar-refractivity contribution is 6.29. The number of hydrogen-bond donors (Lipinski definition) is 0. The summed E-state index contributed by atoms with van der Waals surface area (Å²) in [5.74, 6) is -0.0279. The van der Waals surface area contributed by atoms with E-state index >= 15 is 0 Å². The summed E-state index contributed by atoms with van der Waals surface area (Å²) in [6.07, 6.45) is 1.41. The van der Waals surface area contributed by atoms with Crippen LogP contribution in [0.5, 0.6) is 5.75 Å². The van der Waals surface area contributed by atoms with Gasteiger partial charge in [0, 0.05) is 0 Å². The smallest absolute Gasteiger partial charge is 0.338 e. The van der Waals surface area contributed by atoms with Crippen LogP contribution in [0, 0.1) is 0 Å². The molecule has 0 saturated carbocycles. The Hall–Kier alpha value is -1.88. The van der Waals surface area contributed by atoms with Crippen molar-refractivity contribution in [1.82, 2.24) is 9.97 Å². The number of esters is 1. The summed E-state index contributed by atoms with van der Waals surface area (Å²) in [6, 6.07) is 3.12. The number of aromatic nitrogens is 2. The highest BCUT2D eigenvalue weighted by Gasteiger charge is 2.13. The van der Waals surface area contributed by atoms with Crippen molar-refractivity contribution in [1.29, 1.82) is 0 Å². The van der Waals surface area contributed by atoms with Crippen molar-refractivity contribution in [2.24, 2.45) is 0 Å². The zero-order valence-electron chi connectivity index (χ0n) is 9.23. The Morgan fingerprint density at radius 3 is 2.76 bits per heavy atom. The molecule has 5 nitrogen and oxygen atoms in total. The second-order valence-electron chi connectivity index (χ2n) is 3.23. The van der Waals surface area contributed by atoms with E-state index in [-0.39, 0.29) is 5.15 Å². The van der Waals surface area contributed by atoms with Crippen molar-refractivity contribution in [3.8, 4) is 5.75 Å². The zero-order chi connectivity index (χ0) is 12.4.